The number of ether oxygens (including phenoxy) is 1. The third-order valence-electron chi connectivity index (χ3n) is 3.48. The number of nitrogens with zero attached hydrogens (tertiary/aromatic N) is 1. The van der Waals surface area contributed by atoms with E-state index in [9.17, 15) is 0 Å². The molecule has 1 saturated carbocycles. The van der Waals surface area contributed by atoms with Crippen LogP contribution >= 0.6 is 11.6 Å². The van der Waals surface area contributed by atoms with E-state index in [2.05, 4.69) is 11.9 Å². The lowest BCUT2D eigenvalue weighted by atomic mass is 9.85. The molecule has 2 atom stereocenters. The average molecular weight is 255 g/mol. The zero-order chi connectivity index (χ0) is 12.3. The second-order valence-electron chi connectivity index (χ2n) is 4.64. The molecule has 1 aromatic heterocycles. The first-order valence-electron chi connectivity index (χ1n) is 6.29. The molecule has 0 saturated heterocycles. The molecular formula is C13H19ClN2O. The van der Waals surface area contributed by atoms with Crippen LogP contribution in [0.1, 0.15) is 39.0 Å². The Morgan fingerprint density at radius 2 is 2.18 bits per heavy atom. The number of halogens is 1. The lowest BCUT2D eigenvalue weighted by Crippen LogP contribution is -2.30. The molecule has 2 rings (SSSR count). The first kappa shape index (κ1) is 12.5. The largest absolute Gasteiger partial charge is 0.473 e. The summed E-state index contributed by atoms with van der Waals surface area (Å²) in [4.78, 5) is 4.15. The van der Waals surface area contributed by atoms with E-state index in [0.717, 1.165) is 12.8 Å². The molecule has 2 unspecified atom stereocenters. The predicted molar refractivity (Wildman–Crippen MR) is 70.3 cm³/mol. The molecule has 1 aliphatic carbocycles. The van der Waals surface area contributed by atoms with Gasteiger partial charge in [-0.15, -0.1) is 0 Å². The summed E-state index contributed by atoms with van der Waals surface area (Å²) in [6.45, 7) is 2.21. The molecule has 1 fully saturated rings. The van der Waals surface area contributed by atoms with Gasteiger partial charge in [-0.2, -0.15) is 4.98 Å². The molecule has 4 heteroatoms. The average Bonchev–Trinajstić information content (AvgIpc) is 2.34. The van der Waals surface area contributed by atoms with Gasteiger partial charge in [0.15, 0.2) is 0 Å². The first-order valence-corrected chi connectivity index (χ1v) is 6.67. The molecule has 1 aliphatic rings. The van der Waals surface area contributed by atoms with Crippen LogP contribution in [-0.4, -0.2) is 11.1 Å². The minimum absolute atomic E-state index is 0.238. The fourth-order valence-corrected chi connectivity index (χ4v) is 2.60. The summed E-state index contributed by atoms with van der Waals surface area (Å²) >= 11 is 5.86. The van der Waals surface area contributed by atoms with Gasteiger partial charge in [-0.05, 0) is 43.7 Å². The molecule has 94 valence electrons. The highest BCUT2D eigenvalue weighted by Gasteiger charge is 2.26. The van der Waals surface area contributed by atoms with Crippen LogP contribution in [0.2, 0.25) is 5.15 Å². The molecular weight excluding hydrogens is 236 g/mol. The van der Waals surface area contributed by atoms with Crippen LogP contribution in [0.5, 0.6) is 5.88 Å². The van der Waals surface area contributed by atoms with Gasteiger partial charge in [-0.25, -0.2) is 0 Å². The topological polar surface area (TPSA) is 48.1 Å². The van der Waals surface area contributed by atoms with Crippen molar-refractivity contribution in [3.8, 4) is 5.88 Å². The first-order chi connectivity index (χ1) is 8.20. The summed E-state index contributed by atoms with van der Waals surface area (Å²) in [5.74, 6) is 1.10. The summed E-state index contributed by atoms with van der Waals surface area (Å²) < 4.78 is 5.95. The van der Waals surface area contributed by atoms with Crippen LogP contribution in [0.15, 0.2) is 12.1 Å². The SMILES string of the molecule is CCC1CCCCC1Oc1nc(Cl)ccc1N. The van der Waals surface area contributed by atoms with Gasteiger partial charge in [0.1, 0.15) is 11.3 Å². The van der Waals surface area contributed by atoms with Crippen LogP contribution in [0, 0.1) is 5.92 Å². The smallest absolute Gasteiger partial charge is 0.238 e. The maximum atomic E-state index is 5.95. The van der Waals surface area contributed by atoms with Crippen LogP contribution in [0.4, 0.5) is 5.69 Å². The second-order valence-corrected chi connectivity index (χ2v) is 5.02. The van der Waals surface area contributed by atoms with Crippen molar-refractivity contribution < 1.29 is 4.74 Å². The van der Waals surface area contributed by atoms with E-state index in [0.29, 0.717) is 22.6 Å². The summed E-state index contributed by atoms with van der Waals surface area (Å²) in [6.07, 6.45) is 6.24. The van der Waals surface area contributed by atoms with Crippen molar-refractivity contribution in [1.82, 2.24) is 4.98 Å². The fourth-order valence-electron chi connectivity index (χ4n) is 2.46. The Labute approximate surface area is 107 Å². The van der Waals surface area contributed by atoms with Crippen molar-refractivity contribution in [1.29, 1.82) is 0 Å². The van der Waals surface area contributed by atoms with Crippen molar-refractivity contribution in [2.45, 2.75) is 45.1 Å². The maximum absolute atomic E-state index is 5.95. The van der Waals surface area contributed by atoms with Crippen LogP contribution in [-0.2, 0) is 0 Å². The Hall–Kier alpha value is -0.960. The van der Waals surface area contributed by atoms with E-state index in [1.165, 1.54) is 19.3 Å². The monoisotopic (exact) mass is 254 g/mol. The van der Waals surface area contributed by atoms with Gasteiger partial charge in [-0.3, -0.25) is 0 Å². The van der Waals surface area contributed by atoms with Crippen molar-refractivity contribution in [3.63, 3.8) is 0 Å². The Bertz CT molecular complexity index is 384. The van der Waals surface area contributed by atoms with Gasteiger partial charge >= 0.3 is 0 Å². The summed E-state index contributed by atoms with van der Waals surface area (Å²) in [5, 5.41) is 0.429. The van der Waals surface area contributed by atoms with E-state index in [1.54, 1.807) is 12.1 Å². The number of nitrogens with two attached hydrogens (primary N) is 1. The van der Waals surface area contributed by atoms with E-state index in [-0.39, 0.29) is 6.10 Å². The molecule has 0 bridgehead atoms. The lowest BCUT2D eigenvalue weighted by molar-refractivity contribution is 0.0867. The Kier molecular flexibility index (Phi) is 4.11. The van der Waals surface area contributed by atoms with Crippen LogP contribution < -0.4 is 10.5 Å². The molecule has 2 N–H and O–H groups in total. The maximum Gasteiger partial charge on any atom is 0.238 e. The summed E-state index contributed by atoms with van der Waals surface area (Å²) in [5.41, 5.74) is 6.41. The van der Waals surface area contributed by atoms with Gasteiger partial charge in [0.2, 0.25) is 5.88 Å². The van der Waals surface area contributed by atoms with E-state index in [4.69, 9.17) is 22.1 Å². The van der Waals surface area contributed by atoms with Gasteiger partial charge < -0.3 is 10.5 Å². The number of aromatic nitrogens is 1. The molecule has 0 amide bonds. The quantitative estimate of drug-likeness (QED) is 0.838. The molecule has 1 heterocycles. The molecule has 0 spiro atoms. The summed E-state index contributed by atoms with van der Waals surface area (Å²) in [6, 6.07) is 3.43. The molecule has 0 aliphatic heterocycles. The number of hydrogen-bond acceptors (Lipinski definition) is 3. The minimum atomic E-state index is 0.238. The molecule has 0 radical (unpaired) electrons. The zero-order valence-electron chi connectivity index (χ0n) is 10.2. The van der Waals surface area contributed by atoms with Crippen molar-refractivity contribution in [2.24, 2.45) is 5.92 Å². The zero-order valence-corrected chi connectivity index (χ0v) is 10.9. The van der Waals surface area contributed by atoms with Crippen molar-refractivity contribution >= 4 is 17.3 Å². The number of rotatable bonds is 3. The highest BCUT2D eigenvalue weighted by molar-refractivity contribution is 6.29. The van der Waals surface area contributed by atoms with E-state index < -0.39 is 0 Å². The van der Waals surface area contributed by atoms with Gasteiger partial charge in [0.25, 0.3) is 0 Å². The highest BCUT2D eigenvalue weighted by Crippen LogP contribution is 2.32. The third-order valence-corrected chi connectivity index (χ3v) is 3.69. The fraction of sp³-hybridized carbons (Fsp3) is 0.615. The minimum Gasteiger partial charge on any atom is -0.473 e. The van der Waals surface area contributed by atoms with Gasteiger partial charge in [-0.1, -0.05) is 24.9 Å². The van der Waals surface area contributed by atoms with Crippen molar-refractivity contribution in [3.05, 3.63) is 17.3 Å². The molecule has 17 heavy (non-hydrogen) atoms. The molecule has 3 nitrogen and oxygen atoms in total. The normalized spacial score (nSPS) is 24.6. The van der Waals surface area contributed by atoms with Crippen LogP contribution in [0.25, 0.3) is 0 Å². The van der Waals surface area contributed by atoms with Crippen molar-refractivity contribution in [2.75, 3.05) is 5.73 Å². The Morgan fingerprint density at radius 1 is 1.41 bits per heavy atom. The molecule has 0 aromatic carbocycles. The third kappa shape index (κ3) is 3.03. The standard InChI is InChI=1S/C13H19ClN2O/c1-2-9-5-3-4-6-11(9)17-13-10(15)7-8-12(14)16-13/h7-9,11H,2-6,15H2,1H3. The van der Waals surface area contributed by atoms with Gasteiger partial charge in [0, 0.05) is 0 Å². The lowest BCUT2D eigenvalue weighted by Gasteiger charge is -2.31. The highest BCUT2D eigenvalue weighted by atomic mass is 35.5. The number of pyridine rings is 1. The predicted octanol–water partition coefficient (Wildman–Crippen LogP) is 3.66. The number of nitrogen functional groups attached to an aromatic ring is 1. The summed E-state index contributed by atoms with van der Waals surface area (Å²) in [7, 11) is 0. The Morgan fingerprint density at radius 3 is 2.94 bits per heavy atom. The number of anilines is 1. The van der Waals surface area contributed by atoms with E-state index in [1.807, 2.05) is 0 Å². The van der Waals surface area contributed by atoms with Crippen LogP contribution in [0.3, 0.4) is 0 Å². The second kappa shape index (κ2) is 5.58. The number of hydrogen-bond donors (Lipinski definition) is 1. The Balaban J connectivity index is 2.10. The van der Waals surface area contributed by atoms with Gasteiger partial charge in [0.05, 0.1) is 5.69 Å². The molecule has 1 aromatic rings. The van der Waals surface area contributed by atoms with E-state index >= 15 is 0 Å².